The SMILES string of the molecule is CCc1cccc(C(C)(C)NC[C@@H](O)[C@H](Cc2cc(F)cc(F)c2)NC(C)=S)c1.Cl. The van der Waals surface area contributed by atoms with E-state index in [1.54, 1.807) is 6.92 Å². The highest BCUT2D eigenvalue weighted by molar-refractivity contribution is 7.80. The van der Waals surface area contributed by atoms with Crippen LogP contribution in [0.5, 0.6) is 0 Å². The summed E-state index contributed by atoms with van der Waals surface area (Å²) in [5, 5.41) is 17.3. The number of nitrogens with one attached hydrogen (secondary N) is 2. The quantitative estimate of drug-likeness (QED) is 0.479. The average molecular weight is 457 g/mol. The lowest BCUT2D eigenvalue weighted by Crippen LogP contribution is -2.50. The Bertz CT molecular complexity index is 827. The van der Waals surface area contributed by atoms with Crippen molar-refractivity contribution in [1.29, 1.82) is 0 Å². The van der Waals surface area contributed by atoms with E-state index in [0.29, 0.717) is 17.1 Å². The third kappa shape index (κ3) is 7.91. The predicted octanol–water partition coefficient (Wildman–Crippen LogP) is 4.68. The van der Waals surface area contributed by atoms with E-state index in [-0.39, 0.29) is 24.4 Å². The molecule has 0 heterocycles. The molecule has 0 aliphatic heterocycles. The number of aryl methyl sites for hydroxylation is 1. The molecule has 166 valence electrons. The Morgan fingerprint density at radius 1 is 1.10 bits per heavy atom. The topological polar surface area (TPSA) is 44.3 Å². The molecule has 2 aromatic carbocycles. The minimum absolute atomic E-state index is 0. The zero-order chi connectivity index (χ0) is 21.6. The fraction of sp³-hybridized carbons (Fsp3) is 0.435. The molecule has 0 fully saturated rings. The minimum Gasteiger partial charge on any atom is -0.390 e. The molecular weight excluding hydrogens is 426 g/mol. The second-order valence-electron chi connectivity index (χ2n) is 7.92. The van der Waals surface area contributed by atoms with E-state index < -0.39 is 23.8 Å². The van der Waals surface area contributed by atoms with Gasteiger partial charge in [0.25, 0.3) is 0 Å². The van der Waals surface area contributed by atoms with Gasteiger partial charge in [0, 0.05) is 18.2 Å². The second kappa shape index (κ2) is 11.7. The van der Waals surface area contributed by atoms with E-state index >= 15 is 0 Å². The van der Waals surface area contributed by atoms with Gasteiger partial charge in [0.15, 0.2) is 0 Å². The van der Waals surface area contributed by atoms with E-state index in [0.717, 1.165) is 18.1 Å². The van der Waals surface area contributed by atoms with Gasteiger partial charge < -0.3 is 15.7 Å². The molecule has 0 saturated heterocycles. The molecule has 0 bridgehead atoms. The van der Waals surface area contributed by atoms with Crippen molar-refractivity contribution in [3.8, 4) is 0 Å². The summed E-state index contributed by atoms with van der Waals surface area (Å²) in [6.45, 7) is 8.24. The first kappa shape index (κ1) is 26.4. The molecule has 2 atom stereocenters. The Kier molecular flexibility index (Phi) is 10.3. The minimum atomic E-state index is -0.812. The van der Waals surface area contributed by atoms with Crippen LogP contribution in [0.2, 0.25) is 0 Å². The molecule has 3 nitrogen and oxygen atoms in total. The maximum Gasteiger partial charge on any atom is 0.126 e. The Morgan fingerprint density at radius 2 is 1.73 bits per heavy atom. The number of hydrogen-bond acceptors (Lipinski definition) is 3. The van der Waals surface area contributed by atoms with Crippen LogP contribution < -0.4 is 10.6 Å². The van der Waals surface area contributed by atoms with Crippen molar-refractivity contribution in [2.24, 2.45) is 0 Å². The number of halogens is 3. The first-order valence-electron chi connectivity index (χ1n) is 9.85. The highest BCUT2D eigenvalue weighted by Gasteiger charge is 2.25. The molecule has 30 heavy (non-hydrogen) atoms. The maximum atomic E-state index is 13.5. The summed E-state index contributed by atoms with van der Waals surface area (Å²) >= 11 is 5.13. The number of hydrogen-bond donors (Lipinski definition) is 3. The lowest BCUT2D eigenvalue weighted by Gasteiger charge is -2.31. The van der Waals surface area contributed by atoms with Gasteiger partial charge in [-0.05, 0) is 62.4 Å². The third-order valence-corrected chi connectivity index (χ3v) is 5.16. The predicted molar refractivity (Wildman–Crippen MR) is 125 cm³/mol. The molecule has 0 aliphatic rings. The summed E-state index contributed by atoms with van der Waals surface area (Å²) in [4.78, 5) is 0.515. The van der Waals surface area contributed by atoms with Gasteiger partial charge in [-0.1, -0.05) is 43.4 Å². The molecule has 0 amide bonds. The molecule has 0 spiro atoms. The van der Waals surface area contributed by atoms with E-state index in [9.17, 15) is 13.9 Å². The first-order chi connectivity index (χ1) is 13.6. The Labute approximate surface area is 189 Å². The van der Waals surface area contributed by atoms with Gasteiger partial charge in [-0.2, -0.15) is 0 Å². The first-order valence-corrected chi connectivity index (χ1v) is 10.3. The van der Waals surface area contributed by atoms with Crippen LogP contribution in [0.25, 0.3) is 0 Å². The summed E-state index contributed by atoms with van der Waals surface area (Å²) in [5.74, 6) is -1.27. The molecule has 0 radical (unpaired) electrons. The van der Waals surface area contributed by atoms with Gasteiger partial charge >= 0.3 is 0 Å². The largest absolute Gasteiger partial charge is 0.390 e. The highest BCUT2D eigenvalue weighted by Crippen LogP contribution is 2.21. The van der Waals surface area contributed by atoms with Crippen molar-refractivity contribution >= 4 is 29.6 Å². The maximum absolute atomic E-state index is 13.5. The molecule has 2 rings (SSSR count). The van der Waals surface area contributed by atoms with Crippen LogP contribution in [-0.2, 0) is 18.4 Å². The van der Waals surface area contributed by atoms with Gasteiger partial charge in [0.1, 0.15) is 11.6 Å². The highest BCUT2D eigenvalue weighted by atomic mass is 35.5. The summed E-state index contributed by atoms with van der Waals surface area (Å²) in [7, 11) is 0. The number of benzene rings is 2. The molecule has 0 aromatic heterocycles. The van der Waals surface area contributed by atoms with Crippen molar-refractivity contribution in [1.82, 2.24) is 10.6 Å². The van der Waals surface area contributed by atoms with E-state index in [1.807, 2.05) is 6.07 Å². The monoisotopic (exact) mass is 456 g/mol. The van der Waals surface area contributed by atoms with E-state index in [2.05, 4.69) is 49.6 Å². The van der Waals surface area contributed by atoms with Gasteiger partial charge in [0.2, 0.25) is 0 Å². The number of rotatable bonds is 9. The number of thiocarbonyl (C=S) groups is 1. The standard InChI is InChI=1S/C23H30F2N2OS.ClH/c1-5-16-7-6-8-18(9-16)23(3,4)26-14-22(28)21(27-15(2)29)12-17-10-19(24)13-20(25)11-17;/h6-11,13,21-22,26,28H,5,12,14H2,1-4H3,(H,27,29);1H/t21-,22+;/m0./s1. The van der Waals surface area contributed by atoms with Crippen LogP contribution >= 0.6 is 24.6 Å². The molecule has 0 saturated carbocycles. The van der Waals surface area contributed by atoms with E-state index in [4.69, 9.17) is 12.2 Å². The van der Waals surface area contributed by atoms with E-state index in [1.165, 1.54) is 17.7 Å². The van der Waals surface area contributed by atoms with Crippen LogP contribution in [0.1, 0.15) is 44.4 Å². The summed E-state index contributed by atoms with van der Waals surface area (Å²) in [6, 6.07) is 11.3. The smallest absolute Gasteiger partial charge is 0.126 e. The van der Waals surface area contributed by atoms with Gasteiger partial charge in [-0.15, -0.1) is 12.4 Å². The number of aliphatic hydroxyl groups excluding tert-OH is 1. The van der Waals surface area contributed by atoms with Gasteiger partial charge in [-0.25, -0.2) is 8.78 Å². The molecule has 2 aromatic rings. The molecular formula is C23H31ClF2N2OS. The van der Waals surface area contributed by atoms with Crippen molar-refractivity contribution in [2.45, 2.75) is 58.2 Å². The number of aliphatic hydroxyl groups is 1. The molecule has 0 aliphatic carbocycles. The lowest BCUT2D eigenvalue weighted by atomic mass is 9.91. The third-order valence-electron chi connectivity index (χ3n) is 5.04. The van der Waals surface area contributed by atoms with Crippen LogP contribution in [0.3, 0.4) is 0 Å². The van der Waals surface area contributed by atoms with Gasteiger partial charge in [-0.3, -0.25) is 0 Å². The Balaban J connectivity index is 0.00000450. The summed E-state index contributed by atoms with van der Waals surface area (Å²) < 4.78 is 27.1. The zero-order valence-electron chi connectivity index (χ0n) is 17.8. The van der Waals surface area contributed by atoms with Crippen molar-refractivity contribution in [2.75, 3.05) is 6.54 Å². The van der Waals surface area contributed by atoms with Crippen molar-refractivity contribution in [3.63, 3.8) is 0 Å². The van der Waals surface area contributed by atoms with Crippen LogP contribution in [0.15, 0.2) is 42.5 Å². The Hall–Kier alpha value is -1.60. The summed E-state index contributed by atoms with van der Waals surface area (Å²) in [5.41, 5.74) is 2.49. The average Bonchev–Trinajstić information content (AvgIpc) is 2.64. The molecule has 3 N–H and O–H groups in total. The lowest BCUT2D eigenvalue weighted by molar-refractivity contribution is 0.123. The summed E-state index contributed by atoms with van der Waals surface area (Å²) in [6.07, 6.45) is 0.390. The van der Waals surface area contributed by atoms with Crippen LogP contribution in [0, 0.1) is 11.6 Å². The zero-order valence-corrected chi connectivity index (χ0v) is 19.5. The fourth-order valence-corrected chi connectivity index (χ4v) is 3.46. The second-order valence-corrected chi connectivity index (χ2v) is 8.53. The van der Waals surface area contributed by atoms with Crippen LogP contribution in [0.4, 0.5) is 8.78 Å². The molecule has 7 heteroatoms. The molecule has 0 unspecified atom stereocenters. The Morgan fingerprint density at radius 3 is 2.30 bits per heavy atom. The van der Waals surface area contributed by atoms with Crippen molar-refractivity contribution in [3.05, 3.63) is 70.8 Å². The fourth-order valence-electron chi connectivity index (χ4n) is 3.31. The van der Waals surface area contributed by atoms with Crippen molar-refractivity contribution < 1.29 is 13.9 Å². The normalized spacial score (nSPS) is 13.3. The van der Waals surface area contributed by atoms with Crippen LogP contribution in [-0.4, -0.2) is 28.8 Å². The van der Waals surface area contributed by atoms with Gasteiger partial charge in [0.05, 0.1) is 17.1 Å².